The molecule has 2 aliphatic rings. The molecule has 5 nitrogen and oxygen atoms in total. The molecule has 0 saturated carbocycles. The molecule has 8 heteroatoms. The molecule has 0 atom stereocenters. The predicted octanol–water partition coefficient (Wildman–Crippen LogP) is 5.87. The highest BCUT2D eigenvalue weighted by Crippen LogP contribution is 2.43. The molecule has 1 fully saturated rings. The lowest BCUT2D eigenvalue weighted by Crippen LogP contribution is -2.38. The van der Waals surface area contributed by atoms with Crippen LogP contribution in [0.5, 0.6) is 5.75 Å². The molecule has 0 spiro atoms. The second-order valence-corrected chi connectivity index (χ2v) is 12.0. The fourth-order valence-electron chi connectivity index (χ4n) is 5.27. The second-order valence-electron chi connectivity index (χ2n) is 10.1. The number of ketones is 1. The zero-order valence-corrected chi connectivity index (χ0v) is 22.2. The second kappa shape index (κ2) is 10.4. The van der Waals surface area contributed by atoms with Crippen molar-refractivity contribution in [3.63, 3.8) is 0 Å². The molecular formula is C30H29F2NO4S. The number of halogens is 2. The lowest BCUT2D eigenvalue weighted by molar-refractivity contribution is 0.105. The number of allylic oxidation sites excluding steroid dienone is 1. The third-order valence-corrected chi connectivity index (χ3v) is 8.61. The van der Waals surface area contributed by atoms with E-state index in [2.05, 4.69) is 0 Å². The van der Waals surface area contributed by atoms with E-state index in [1.165, 1.54) is 22.7 Å². The van der Waals surface area contributed by atoms with Crippen LogP contribution in [0.4, 0.5) is 8.78 Å². The van der Waals surface area contributed by atoms with Crippen LogP contribution in [-0.4, -0.2) is 44.5 Å². The molecule has 0 bridgehead atoms. The lowest BCUT2D eigenvalue weighted by atomic mass is 9.93. The first-order valence-electron chi connectivity index (χ1n) is 12.6. The van der Waals surface area contributed by atoms with Crippen molar-refractivity contribution in [1.29, 1.82) is 0 Å². The molecule has 1 saturated heterocycles. The van der Waals surface area contributed by atoms with Gasteiger partial charge in [-0.05, 0) is 79.1 Å². The average Bonchev–Trinajstić information content (AvgIpc) is 3.15. The van der Waals surface area contributed by atoms with Crippen molar-refractivity contribution in [2.75, 3.05) is 26.0 Å². The Balaban J connectivity index is 1.38. The smallest absolute Gasteiger partial charge is 0.211 e. The van der Waals surface area contributed by atoms with Crippen LogP contribution in [0.1, 0.15) is 51.9 Å². The van der Waals surface area contributed by atoms with Crippen LogP contribution in [0.2, 0.25) is 0 Å². The van der Waals surface area contributed by atoms with Crippen molar-refractivity contribution in [3.8, 4) is 5.75 Å². The van der Waals surface area contributed by atoms with Crippen LogP contribution in [-0.2, 0) is 10.0 Å². The fourth-order valence-corrected chi connectivity index (χ4v) is 6.14. The van der Waals surface area contributed by atoms with Crippen LogP contribution in [0.3, 0.4) is 0 Å². The Morgan fingerprint density at radius 2 is 1.53 bits per heavy atom. The summed E-state index contributed by atoms with van der Waals surface area (Å²) >= 11 is 0. The Hall–Kier alpha value is -3.36. The Morgan fingerprint density at radius 1 is 0.868 bits per heavy atom. The van der Waals surface area contributed by atoms with Gasteiger partial charge >= 0.3 is 0 Å². The zero-order chi connectivity index (χ0) is 27.0. The number of nitrogens with zero attached hydrogens (tertiary/aromatic N) is 1. The van der Waals surface area contributed by atoms with E-state index in [-0.39, 0.29) is 5.78 Å². The Morgan fingerprint density at radius 3 is 2.16 bits per heavy atom. The summed E-state index contributed by atoms with van der Waals surface area (Å²) in [5.74, 6) is -0.728. The van der Waals surface area contributed by atoms with Crippen molar-refractivity contribution in [3.05, 3.63) is 100 Å². The first-order chi connectivity index (χ1) is 18.1. The summed E-state index contributed by atoms with van der Waals surface area (Å²) in [5.41, 5.74) is 3.96. The zero-order valence-electron chi connectivity index (χ0n) is 21.3. The van der Waals surface area contributed by atoms with E-state index in [0.717, 1.165) is 30.9 Å². The quantitative estimate of drug-likeness (QED) is 0.378. The van der Waals surface area contributed by atoms with Crippen LogP contribution in [0, 0.1) is 24.5 Å². The van der Waals surface area contributed by atoms with E-state index in [4.69, 9.17) is 4.74 Å². The van der Waals surface area contributed by atoms with Crippen molar-refractivity contribution < 1.29 is 26.7 Å². The van der Waals surface area contributed by atoms with Crippen molar-refractivity contribution in [1.82, 2.24) is 4.31 Å². The topological polar surface area (TPSA) is 63.7 Å². The molecule has 0 amide bonds. The molecule has 198 valence electrons. The number of fused-ring (bicyclic) bond motifs is 1. The van der Waals surface area contributed by atoms with Crippen LogP contribution in [0.15, 0.2) is 60.7 Å². The molecule has 3 aromatic rings. The van der Waals surface area contributed by atoms with E-state index in [1.807, 2.05) is 31.2 Å². The maximum atomic E-state index is 14.2. The van der Waals surface area contributed by atoms with Gasteiger partial charge < -0.3 is 4.74 Å². The van der Waals surface area contributed by atoms with Crippen molar-refractivity contribution in [2.45, 2.75) is 26.2 Å². The SMILES string of the molecule is Cc1ccc(C2=C(c3cc(F)cc(F)c3)c3ccc(OCCC4CCN(S(C)(=O)=O)CC4)cc3C2=O)cc1. The number of carbonyl (C=O) groups is 1. The number of rotatable bonds is 7. The lowest BCUT2D eigenvalue weighted by Gasteiger charge is -2.30. The summed E-state index contributed by atoms with van der Waals surface area (Å²) in [5, 5.41) is 0. The van der Waals surface area contributed by atoms with Gasteiger partial charge in [-0.15, -0.1) is 0 Å². The molecule has 0 radical (unpaired) electrons. The number of piperidine rings is 1. The van der Waals surface area contributed by atoms with Gasteiger partial charge in [0.15, 0.2) is 5.78 Å². The van der Waals surface area contributed by atoms with Crippen LogP contribution in [0.25, 0.3) is 11.1 Å². The minimum absolute atomic E-state index is 0.220. The summed E-state index contributed by atoms with van der Waals surface area (Å²) in [6.07, 6.45) is 3.59. The molecule has 0 unspecified atom stereocenters. The fraction of sp³-hybridized carbons (Fsp3) is 0.300. The highest BCUT2D eigenvalue weighted by atomic mass is 32.2. The molecule has 5 rings (SSSR count). The predicted molar refractivity (Wildman–Crippen MR) is 143 cm³/mol. The monoisotopic (exact) mass is 537 g/mol. The standard InChI is InChI=1S/C30H29F2NO4S/c1-19-3-5-21(6-4-19)29-28(22-15-23(31)17-24(32)16-22)26-8-7-25(18-27(26)30(29)34)37-14-11-20-9-12-33(13-10-20)38(2,35)36/h3-8,15-18,20H,9-14H2,1-2H3. The molecule has 0 N–H and O–H groups in total. The molecule has 1 aliphatic heterocycles. The van der Waals surface area contributed by atoms with Gasteiger partial charge in [-0.25, -0.2) is 21.5 Å². The van der Waals surface area contributed by atoms with Gasteiger partial charge in [0.1, 0.15) is 17.4 Å². The normalized spacial score (nSPS) is 16.7. The van der Waals surface area contributed by atoms with Crippen molar-refractivity contribution in [2.24, 2.45) is 5.92 Å². The van der Waals surface area contributed by atoms with Crippen LogP contribution >= 0.6 is 0 Å². The first-order valence-corrected chi connectivity index (χ1v) is 14.5. The Kier molecular flexibility index (Phi) is 7.20. The minimum atomic E-state index is -3.16. The van der Waals surface area contributed by atoms with Gasteiger partial charge in [0.25, 0.3) is 0 Å². The summed E-state index contributed by atoms with van der Waals surface area (Å²) in [4.78, 5) is 13.7. The number of sulfonamides is 1. The molecule has 3 aromatic carbocycles. The first kappa shape index (κ1) is 26.3. The van der Waals surface area contributed by atoms with Gasteiger partial charge in [-0.2, -0.15) is 0 Å². The molecular weight excluding hydrogens is 508 g/mol. The van der Waals surface area contributed by atoms with E-state index in [1.54, 1.807) is 18.2 Å². The van der Waals surface area contributed by atoms with Gasteiger partial charge in [0.05, 0.1) is 12.9 Å². The Bertz CT molecular complexity index is 1500. The summed E-state index contributed by atoms with van der Waals surface area (Å²) < 4.78 is 59.3. The number of hydrogen-bond acceptors (Lipinski definition) is 4. The highest BCUT2D eigenvalue weighted by Gasteiger charge is 2.32. The van der Waals surface area contributed by atoms with E-state index >= 15 is 0 Å². The maximum Gasteiger partial charge on any atom is 0.211 e. The van der Waals surface area contributed by atoms with Gasteiger partial charge in [0, 0.05) is 35.9 Å². The molecule has 1 heterocycles. The van der Waals surface area contributed by atoms with Gasteiger partial charge in [-0.1, -0.05) is 29.8 Å². The summed E-state index contributed by atoms with van der Waals surface area (Å²) in [6, 6.07) is 16.0. The molecule has 1 aliphatic carbocycles. The highest BCUT2D eigenvalue weighted by molar-refractivity contribution is 7.88. The third kappa shape index (κ3) is 5.42. The average molecular weight is 538 g/mol. The molecule has 38 heavy (non-hydrogen) atoms. The number of ether oxygens (including phenoxy) is 1. The number of aryl methyl sites for hydroxylation is 1. The van der Waals surface area contributed by atoms with E-state index < -0.39 is 21.7 Å². The third-order valence-electron chi connectivity index (χ3n) is 7.31. The number of carbonyl (C=O) groups excluding carboxylic acids is 1. The molecule has 0 aromatic heterocycles. The van der Waals surface area contributed by atoms with Crippen molar-refractivity contribution >= 4 is 27.0 Å². The van der Waals surface area contributed by atoms with E-state index in [0.29, 0.717) is 64.8 Å². The van der Waals surface area contributed by atoms with Gasteiger partial charge in [0.2, 0.25) is 10.0 Å². The van der Waals surface area contributed by atoms with Gasteiger partial charge in [-0.3, -0.25) is 4.79 Å². The largest absolute Gasteiger partial charge is 0.494 e. The minimum Gasteiger partial charge on any atom is -0.494 e. The maximum absolute atomic E-state index is 14.2. The Labute approximate surface area is 221 Å². The van der Waals surface area contributed by atoms with Crippen LogP contribution < -0.4 is 4.74 Å². The van der Waals surface area contributed by atoms with E-state index in [9.17, 15) is 22.0 Å². The number of hydrogen-bond donors (Lipinski definition) is 0. The summed E-state index contributed by atoms with van der Waals surface area (Å²) in [7, 11) is -3.16. The number of benzene rings is 3. The number of Topliss-reactive ketones (excluding diaryl/α,β-unsaturated/α-hetero) is 1. The summed E-state index contributed by atoms with van der Waals surface area (Å²) in [6.45, 7) is 3.43.